The summed E-state index contributed by atoms with van der Waals surface area (Å²) in [5.74, 6) is 1.09. The van der Waals surface area contributed by atoms with Gasteiger partial charge in [0, 0.05) is 30.6 Å². The summed E-state index contributed by atoms with van der Waals surface area (Å²) < 4.78 is 0. The number of nitrogens with zero attached hydrogens (tertiary/aromatic N) is 3. The lowest BCUT2D eigenvalue weighted by atomic mass is 9.95. The minimum atomic E-state index is 0.00626. The number of hydrogen-bond donors (Lipinski definition) is 1. The van der Waals surface area contributed by atoms with Crippen molar-refractivity contribution in [1.29, 1.82) is 0 Å². The first kappa shape index (κ1) is 14.7. The Bertz CT molecular complexity index is 655. The Labute approximate surface area is 133 Å². The van der Waals surface area contributed by atoms with E-state index in [1.807, 2.05) is 23.1 Å². The molecule has 1 aliphatic heterocycles. The fraction of sp³-hybridized carbons (Fsp3) is 0.312. The summed E-state index contributed by atoms with van der Waals surface area (Å²) in [6, 6.07) is 5.72. The quantitative estimate of drug-likeness (QED) is 0.881. The Morgan fingerprint density at radius 2 is 2.41 bits per heavy atom. The number of carbonyl (C=O) groups is 1. The Kier molecular flexibility index (Phi) is 4.48. The fourth-order valence-corrected chi connectivity index (χ4v) is 3.42. The van der Waals surface area contributed by atoms with Crippen molar-refractivity contribution in [1.82, 2.24) is 14.9 Å². The molecule has 0 radical (unpaired) electrons. The number of anilines is 2. The molecule has 114 valence electrons. The third-order valence-electron chi connectivity index (χ3n) is 3.75. The number of amides is 1. The summed E-state index contributed by atoms with van der Waals surface area (Å²) >= 11 is 1.57. The summed E-state index contributed by atoms with van der Waals surface area (Å²) in [5, 5.41) is 6.11. The van der Waals surface area contributed by atoms with E-state index >= 15 is 0 Å². The van der Waals surface area contributed by atoms with Crippen molar-refractivity contribution in [3.8, 4) is 0 Å². The highest BCUT2D eigenvalue weighted by atomic mass is 32.1. The average Bonchev–Trinajstić information content (AvgIpc) is 3.04. The average molecular weight is 314 g/mol. The Balaban J connectivity index is 1.68. The predicted octanol–water partition coefficient (Wildman–Crippen LogP) is 3.17. The molecule has 6 heteroatoms. The van der Waals surface area contributed by atoms with Gasteiger partial charge in [-0.1, -0.05) is 12.6 Å². The van der Waals surface area contributed by atoms with Crippen molar-refractivity contribution >= 4 is 28.2 Å². The zero-order valence-electron chi connectivity index (χ0n) is 12.2. The maximum absolute atomic E-state index is 11.8. The van der Waals surface area contributed by atoms with Crippen LogP contribution >= 0.6 is 11.3 Å². The van der Waals surface area contributed by atoms with E-state index in [2.05, 4.69) is 27.2 Å². The van der Waals surface area contributed by atoms with E-state index in [1.165, 1.54) is 6.08 Å². The number of aromatic nitrogens is 2. The second-order valence-electron chi connectivity index (χ2n) is 5.25. The maximum Gasteiger partial charge on any atom is 0.245 e. The Hall–Kier alpha value is -2.21. The van der Waals surface area contributed by atoms with Gasteiger partial charge in [0.25, 0.3) is 0 Å². The highest BCUT2D eigenvalue weighted by Crippen LogP contribution is 2.30. The Morgan fingerprint density at radius 1 is 1.50 bits per heavy atom. The molecule has 3 rings (SSSR count). The van der Waals surface area contributed by atoms with Crippen LogP contribution < -0.4 is 5.32 Å². The van der Waals surface area contributed by atoms with Gasteiger partial charge in [-0.15, -0.1) is 11.3 Å². The van der Waals surface area contributed by atoms with Crippen molar-refractivity contribution < 1.29 is 4.79 Å². The van der Waals surface area contributed by atoms with E-state index in [-0.39, 0.29) is 5.91 Å². The number of thiazole rings is 1. The van der Waals surface area contributed by atoms with Gasteiger partial charge in [-0.05, 0) is 31.1 Å². The molecule has 0 aromatic carbocycles. The van der Waals surface area contributed by atoms with Gasteiger partial charge in [0.2, 0.25) is 5.91 Å². The Morgan fingerprint density at radius 3 is 3.18 bits per heavy atom. The van der Waals surface area contributed by atoms with Crippen LogP contribution in [0.1, 0.15) is 24.5 Å². The molecule has 3 heterocycles. The van der Waals surface area contributed by atoms with Crippen molar-refractivity contribution in [2.24, 2.45) is 0 Å². The molecule has 0 spiro atoms. The van der Waals surface area contributed by atoms with Crippen LogP contribution in [0.15, 0.2) is 42.4 Å². The molecule has 0 unspecified atom stereocenters. The molecule has 1 fully saturated rings. The summed E-state index contributed by atoms with van der Waals surface area (Å²) in [7, 11) is 0. The van der Waals surface area contributed by atoms with Gasteiger partial charge in [0.05, 0.1) is 5.69 Å². The number of likely N-dealkylation sites (tertiary alicyclic amines) is 1. The summed E-state index contributed by atoms with van der Waals surface area (Å²) in [6.07, 6.45) is 5.20. The smallest absolute Gasteiger partial charge is 0.245 e. The van der Waals surface area contributed by atoms with Gasteiger partial charge in [-0.2, -0.15) is 0 Å². The molecule has 0 saturated carbocycles. The van der Waals surface area contributed by atoms with Gasteiger partial charge in [-0.25, -0.2) is 9.97 Å². The SMILES string of the molecule is C=CC(=O)N1CCC[C@H](c2csc(Nc3ccccn3)n2)C1. The van der Waals surface area contributed by atoms with E-state index < -0.39 is 0 Å². The van der Waals surface area contributed by atoms with E-state index in [0.29, 0.717) is 5.92 Å². The number of rotatable bonds is 4. The van der Waals surface area contributed by atoms with Crippen LogP contribution in [0.3, 0.4) is 0 Å². The number of pyridine rings is 1. The third kappa shape index (κ3) is 3.33. The van der Waals surface area contributed by atoms with Crippen molar-refractivity contribution in [3.05, 3.63) is 48.1 Å². The molecule has 1 saturated heterocycles. The monoisotopic (exact) mass is 314 g/mol. The van der Waals surface area contributed by atoms with Crippen LogP contribution in [0, 0.1) is 0 Å². The van der Waals surface area contributed by atoms with Crippen LogP contribution in [0.25, 0.3) is 0 Å². The molecule has 2 aromatic heterocycles. The topological polar surface area (TPSA) is 58.1 Å². The van der Waals surface area contributed by atoms with Gasteiger partial charge >= 0.3 is 0 Å². The lowest BCUT2D eigenvalue weighted by Gasteiger charge is -2.31. The molecule has 5 nitrogen and oxygen atoms in total. The van der Waals surface area contributed by atoms with E-state index in [0.717, 1.165) is 42.6 Å². The van der Waals surface area contributed by atoms with Crippen molar-refractivity contribution in [2.45, 2.75) is 18.8 Å². The predicted molar refractivity (Wildman–Crippen MR) is 88.4 cm³/mol. The third-order valence-corrected chi connectivity index (χ3v) is 4.52. The molecular weight excluding hydrogens is 296 g/mol. The van der Waals surface area contributed by atoms with Crippen LogP contribution in [0.2, 0.25) is 0 Å². The fourth-order valence-electron chi connectivity index (χ4n) is 2.63. The van der Waals surface area contributed by atoms with Crippen LogP contribution in [0.4, 0.5) is 10.9 Å². The number of nitrogens with one attached hydrogen (secondary N) is 1. The number of carbonyl (C=O) groups excluding carboxylic acids is 1. The number of piperidine rings is 1. The first-order valence-electron chi connectivity index (χ1n) is 7.31. The molecule has 22 heavy (non-hydrogen) atoms. The molecule has 0 aliphatic carbocycles. The highest BCUT2D eigenvalue weighted by molar-refractivity contribution is 7.13. The molecule has 1 atom stereocenters. The molecule has 1 amide bonds. The number of hydrogen-bond acceptors (Lipinski definition) is 5. The first-order valence-corrected chi connectivity index (χ1v) is 8.19. The standard InChI is InChI=1S/C16H18N4OS/c1-2-15(21)20-9-5-6-12(10-20)13-11-22-16(18-13)19-14-7-3-4-8-17-14/h2-4,7-8,11-12H,1,5-6,9-10H2,(H,17,18,19)/t12-/m0/s1. The highest BCUT2D eigenvalue weighted by Gasteiger charge is 2.25. The molecule has 1 N–H and O–H groups in total. The zero-order valence-corrected chi connectivity index (χ0v) is 13.1. The molecular formula is C16H18N4OS. The van der Waals surface area contributed by atoms with Gasteiger partial charge in [-0.3, -0.25) is 4.79 Å². The lowest BCUT2D eigenvalue weighted by molar-refractivity contribution is -0.127. The minimum Gasteiger partial charge on any atom is -0.339 e. The first-order chi connectivity index (χ1) is 10.8. The second kappa shape index (κ2) is 6.70. The van der Waals surface area contributed by atoms with Crippen LogP contribution in [-0.4, -0.2) is 33.9 Å². The maximum atomic E-state index is 11.8. The zero-order chi connectivity index (χ0) is 15.4. The van der Waals surface area contributed by atoms with E-state index in [9.17, 15) is 4.79 Å². The largest absolute Gasteiger partial charge is 0.339 e. The van der Waals surface area contributed by atoms with E-state index in [4.69, 9.17) is 0 Å². The molecule has 0 bridgehead atoms. The van der Waals surface area contributed by atoms with Gasteiger partial charge in [0.15, 0.2) is 5.13 Å². The summed E-state index contributed by atoms with van der Waals surface area (Å²) in [5.41, 5.74) is 1.05. The van der Waals surface area contributed by atoms with Gasteiger partial charge < -0.3 is 10.2 Å². The van der Waals surface area contributed by atoms with Crippen LogP contribution in [-0.2, 0) is 4.79 Å². The summed E-state index contributed by atoms with van der Waals surface area (Å²) in [4.78, 5) is 22.5. The van der Waals surface area contributed by atoms with Crippen molar-refractivity contribution in [2.75, 3.05) is 18.4 Å². The lowest BCUT2D eigenvalue weighted by Crippen LogP contribution is -2.38. The normalized spacial score (nSPS) is 18.0. The van der Waals surface area contributed by atoms with Crippen molar-refractivity contribution in [3.63, 3.8) is 0 Å². The second-order valence-corrected chi connectivity index (χ2v) is 6.10. The van der Waals surface area contributed by atoms with E-state index in [1.54, 1.807) is 17.5 Å². The molecule has 2 aromatic rings. The molecule has 1 aliphatic rings. The minimum absolute atomic E-state index is 0.00626. The van der Waals surface area contributed by atoms with Crippen LogP contribution in [0.5, 0.6) is 0 Å². The summed E-state index contributed by atoms with van der Waals surface area (Å²) in [6.45, 7) is 5.09. The van der Waals surface area contributed by atoms with Gasteiger partial charge in [0.1, 0.15) is 5.82 Å².